The van der Waals surface area contributed by atoms with Crippen molar-refractivity contribution in [3.05, 3.63) is 28.2 Å². The van der Waals surface area contributed by atoms with Crippen molar-refractivity contribution in [1.82, 2.24) is 4.98 Å². The largest absolute Gasteiger partial charge is 0.353 e. The maximum atomic E-state index is 6.12. The summed E-state index contributed by atoms with van der Waals surface area (Å²) >= 11 is 7.76. The van der Waals surface area contributed by atoms with Crippen molar-refractivity contribution in [2.75, 3.05) is 6.61 Å². The number of fused-ring (bicyclic) bond motifs is 1. The highest BCUT2D eigenvalue weighted by Gasteiger charge is 2.15. The topological polar surface area (TPSA) is 31.4 Å². The Kier molecular flexibility index (Phi) is 3.80. The van der Waals surface area contributed by atoms with Crippen LogP contribution in [0, 0.1) is 0 Å². The zero-order valence-corrected chi connectivity index (χ0v) is 11.5. The van der Waals surface area contributed by atoms with Gasteiger partial charge in [-0.15, -0.1) is 11.3 Å². The molecule has 3 rings (SSSR count). The third kappa shape index (κ3) is 2.67. The van der Waals surface area contributed by atoms with E-state index >= 15 is 0 Å². The van der Waals surface area contributed by atoms with E-state index in [-0.39, 0.29) is 6.29 Å². The molecule has 5 heteroatoms. The van der Waals surface area contributed by atoms with E-state index < -0.39 is 0 Å². The van der Waals surface area contributed by atoms with Gasteiger partial charge in [-0.25, -0.2) is 0 Å². The van der Waals surface area contributed by atoms with Crippen molar-refractivity contribution in [3.63, 3.8) is 0 Å². The van der Waals surface area contributed by atoms with Crippen LogP contribution in [0.15, 0.2) is 18.3 Å². The molecule has 0 aromatic carbocycles. The van der Waals surface area contributed by atoms with Crippen LogP contribution in [0.2, 0.25) is 5.02 Å². The highest BCUT2D eigenvalue weighted by atomic mass is 35.5. The number of aromatic nitrogens is 1. The summed E-state index contributed by atoms with van der Waals surface area (Å²) in [6.45, 7) is 1.38. The summed E-state index contributed by atoms with van der Waals surface area (Å²) in [5.74, 6) is 0. The van der Waals surface area contributed by atoms with Crippen LogP contribution in [-0.2, 0) is 16.1 Å². The lowest BCUT2D eigenvalue weighted by molar-refractivity contribution is -0.168. The van der Waals surface area contributed by atoms with Gasteiger partial charge in [-0.2, -0.15) is 0 Å². The molecular formula is C13H14ClNO2S. The van der Waals surface area contributed by atoms with Crippen LogP contribution in [0.25, 0.3) is 10.2 Å². The number of rotatable bonds is 3. The summed E-state index contributed by atoms with van der Waals surface area (Å²) in [7, 11) is 0. The molecule has 0 N–H and O–H groups in total. The molecule has 96 valence electrons. The van der Waals surface area contributed by atoms with E-state index in [1.807, 2.05) is 12.1 Å². The Bertz CT molecular complexity index is 537. The summed E-state index contributed by atoms with van der Waals surface area (Å²) in [6.07, 6.45) is 5.00. The van der Waals surface area contributed by atoms with Gasteiger partial charge in [0.2, 0.25) is 0 Å². The average Bonchev–Trinajstić information content (AvgIpc) is 2.82. The molecule has 3 heterocycles. The summed E-state index contributed by atoms with van der Waals surface area (Å²) in [5, 5.41) is 0.755. The first-order valence-electron chi connectivity index (χ1n) is 6.09. The zero-order valence-electron chi connectivity index (χ0n) is 9.89. The summed E-state index contributed by atoms with van der Waals surface area (Å²) < 4.78 is 12.3. The molecule has 0 aliphatic carbocycles. The van der Waals surface area contributed by atoms with Gasteiger partial charge in [-0.05, 0) is 31.4 Å². The quantitative estimate of drug-likeness (QED) is 0.853. The highest BCUT2D eigenvalue weighted by molar-refractivity contribution is 7.19. The van der Waals surface area contributed by atoms with Crippen LogP contribution >= 0.6 is 22.9 Å². The third-order valence-corrected chi connectivity index (χ3v) is 4.52. The average molecular weight is 284 g/mol. The first-order valence-corrected chi connectivity index (χ1v) is 7.28. The first-order chi connectivity index (χ1) is 8.83. The fourth-order valence-electron chi connectivity index (χ4n) is 2.05. The molecule has 0 amide bonds. The Labute approximate surface area is 115 Å². The van der Waals surface area contributed by atoms with Gasteiger partial charge >= 0.3 is 0 Å². The van der Waals surface area contributed by atoms with Gasteiger partial charge in [0, 0.05) is 17.7 Å². The van der Waals surface area contributed by atoms with Crippen molar-refractivity contribution >= 4 is 33.2 Å². The van der Waals surface area contributed by atoms with Crippen LogP contribution in [-0.4, -0.2) is 17.9 Å². The molecule has 3 nitrogen and oxygen atoms in total. The van der Waals surface area contributed by atoms with Gasteiger partial charge < -0.3 is 9.47 Å². The molecule has 0 spiro atoms. The second-order valence-corrected chi connectivity index (χ2v) is 5.87. The van der Waals surface area contributed by atoms with Crippen LogP contribution in [0.1, 0.15) is 24.1 Å². The standard InChI is InChI=1S/C13H14ClNO2S/c14-10-4-5-15-11-7-9(18-13(10)11)8-17-12-3-1-2-6-16-12/h4-5,7,12H,1-3,6,8H2. The molecule has 0 saturated carbocycles. The predicted octanol–water partition coefficient (Wildman–Crippen LogP) is 3.99. The van der Waals surface area contributed by atoms with Gasteiger partial charge in [0.25, 0.3) is 0 Å². The summed E-state index contributed by atoms with van der Waals surface area (Å²) in [4.78, 5) is 5.44. The Morgan fingerprint density at radius 2 is 2.44 bits per heavy atom. The monoisotopic (exact) mass is 283 g/mol. The van der Waals surface area contributed by atoms with Crippen LogP contribution < -0.4 is 0 Å². The molecule has 1 atom stereocenters. The van der Waals surface area contributed by atoms with Gasteiger partial charge in [-0.3, -0.25) is 4.98 Å². The summed E-state index contributed by atoms with van der Waals surface area (Å²) in [5.41, 5.74) is 0.940. The number of ether oxygens (including phenoxy) is 2. The van der Waals surface area contributed by atoms with E-state index in [0.717, 1.165) is 39.6 Å². The minimum atomic E-state index is -0.0487. The molecule has 1 aliphatic heterocycles. The van der Waals surface area contributed by atoms with E-state index in [2.05, 4.69) is 4.98 Å². The third-order valence-electron chi connectivity index (χ3n) is 2.96. The molecule has 1 saturated heterocycles. The summed E-state index contributed by atoms with van der Waals surface area (Å²) in [6, 6.07) is 3.85. The van der Waals surface area contributed by atoms with Crippen LogP contribution in [0.3, 0.4) is 0 Å². The van der Waals surface area contributed by atoms with Crippen molar-refractivity contribution in [2.45, 2.75) is 32.2 Å². The Morgan fingerprint density at radius 3 is 3.22 bits per heavy atom. The number of halogens is 1. The molecule has 1 fully saturated rings. The number of hydrogen-bond donors (Lipinski definition) is 0. The minimum absolute atomic E-state index is 0.0487. The van der Waals surface area contributed by atoms with E-state index in [4.69, 9.17) is 21.1 Å². The maximum absolute atomic E-state index is 6.12. The highest BCUT2D eigenvalue weighted by Crippen LogP contribution is 2.31. The number of thiophene rings is 1. The van der Waals surface area contributed by atoms with Gasteiger partial charge in [0.1, 0.15) is 0 Å². The van der Waals surface area contributed by atoms with Gasteiger partial charge in [-0.1, -0.05) is 11.6 Å². The van der Waals surface area contributed by atoms with E-state index in [1.165, 1.54) is 6.42 Å². The molecule has 1 unspecified atom stereocenters. The lowest BCUT2D eigenvalue weighted by Gasteiger charge is -2.22. The fraction of sp³-hybridized carbons (Fsp3) is 0.462. The molecular weight excluding hydrogens is 270 g/mol. The molecule has 1 aliphatic rings. The second-order valence-electron chi connectivity index (χ2n) is 4.33. The minimum Gasteiger partial charge on any atom is -0.353 e. The smallest absolute Gasteiger partial charge is 0.158 e. The van der Waals surface area contributed by atoms with Crippen LogP contribution in [0.5, 0.6) is 0 Å². The van der Waals surface area contributed by atoms with Crippen molar-refractivity contribution in [2.24, 2.45) is 0 Å². The lowest BCUT2D eigenvalue weighted by Crippen LogP contribution is -2.21. The molecule has 0 bridgehead atoms. The second kappa shape index (κ2) is 5.53. The SMILES string of the molecule is Clc1ccnc2cc(COC3CCCCO3)sc12. The lowest BCUT2D eigenvalue weighted by atomic mass is 10.2. The number of nitrogens with zero attached hydrogens (tertiary/aromatic N) is 1. The normalized spacial score (nSPS) is 20.4. The predicted molar refractivity (Wildman–Crippen MR) is 73.0 cm³/mol. The van der Waals surface area contributed by atoms with E-state index in [0.29, 0.717) is 6.61 Å². The number of hydrogen-bond acceptors (Lipinski definition) is 4. The maximum Gasteiger partial charge on any atom is 0.158 e. The molecule has 0 radical (unpaired) electrons. The number of pyridine rings is 1. The van der Waals surface area contributed by atoms with Crippen molar-refractivity contribution in [3.8, 4) is 0 Å². The van der Waals surface area contributed by atoms with E-state index in [9.17, 15) is 0 Å². The Morgan fingerprint density at radius 1 is 1.50 bits per heavy atom. The zero-order chi connectivity index (χ0) is 12.4. The van der Waals surface area contributed by atoms with Gasteiger partial charge in [0.15, 0.2) is 6.29 Å². The Hall–Kier alpha value is -0.680. The first kappa shape index (κ1) is 12.4. The Balaban J connectivity index is 1.69. The molecule has 18 heavy (non-hydrogen) atoms. The molecule has 2 aromatic rings. The molecule has 2 aromatic heterocycles. The fourth-order valence-corrected chi connectivity index (χ4v) is 3.26. The van der Waals surface area contributed by atoms with Crippen molar-refractivity contribution < 1.29 is 9.47 Å². The van der Waals surface area contributed by atoms with Crippen LogP contribution in [0.4, 0.5) is 0 Å². The van der Waals surface area contributed by atoms with E-state index in [1.54, 1.807) is 17.5 Å². The van der Waals surface area contributed by atoms with Crippen molar-refractivity contribution in [1.29, 1.82) is 0 Å². The van der Waals surface area contributed by atoms with Gasteiger partial charge in [0.05, 0.1) is 21.8 Å².